The van der Waals surface area contributed by atoms with Crippen molar-refractivity contribution in [1.29, 1.82) is 0 Å². The number of aromatic amines is 1. The van der Waals surface area contributed by atoms with Gasteiger partial charge in [-0.05, 0) is 28.9 Å². The lowest BCUT2D eigenvalue weighted by Crippen LogP contribution is -2.04. The van der Waals surface area contributed by atoms with E-state index < -0.39 is 0 Å². The average Bonchev–Trinajstić information content (AvgIpc) is 2.14. The van der Waals surface area contributed by atoms with Crippen LogP contribution >= 0.6 is 15.9 Å². The van der Waals surface area contributed by atoms with Crippen LogP contribution in [0.3, 0.4) is 0 Å². The van der Waals surface area contributed by atoms with Gasteiger partial charge in [0, 0.05) is 6.04 Å². The Bertz CT molecular complexity index is 194. The summed E-state index contributed by atoms with van der Waals surface area (Å²) in [4.78, 5) is 0. The zero-order valence-corrected chi connectivity index (χ0v) is 6.64. The van der Waals surface area contributed by atoms with E-state index in [1.807, 2.05) is 13.0 Å². The maximum atomic E-state index is 5.53. The molecule has 0 radical (unpaired) electrons. The second-order valence-corrected chi connectivity index (χ2v) is 2.75. The van der Waals surface area contributed by atoms with Gasteiger partial charge in [-0.1, -0.05) is 0 Å². The summed E-state index contributed by atoms with van der Waals surface area (Å²) in [7, 11) is 0. The SMILES string of the molecule is CC(N)c1cc(Br)n[nH]1. The monoisotopic (exact) mass is 189 g/mol. The number of H-pyrrole nitrogens is 1. The summed E-state index contributed by atoms with van der Waals surface area (Å²) in [5.41, 5.74) is 6.48. The number of rotatable bonds is 1. The fourth-order valence-corrected chi connectivity index (χ4v) is 0.879. The standard InChI is InChI=1S/C5H8BrN3/c1-3(7)4-2-5(6)9-8-4/h2-3H,7H2,1H3,(H,8,9). The number of hydrogen-bond acceptors (Lipinski definition) is 2. The predicted octanol–water partition coefficient (Wildman–Crippen LogP) is 1.19. The molecule has 1 heterocycles. The van der Waals surface area contributed by atoms with Crippen LogP contribution in [0.5, 0.6) is 0 Å². The van der Waals surface area contributed by atoms with Gasteiger partial charge >= 0.3 is 0 Å². The van der Waals surface area contributed by atoms with E-state index in [9.17, 15) is 0 Å². The molecule has 0 aliphatic heterocycles. The highest BCUT2D eigenvalue weighted by Gasteiger charge is 2.00. The normalized spacial score (nSPS) is 13.7. The van der Waals surface area contributed by atoms with Crippen LogP contribution in [0.25, 0.3) is 0 Å². The van der Waals surface area contributed by atoms with Gasteiger partial charge in [0.05, 0.1) is 5.69 Å². The van der Waals surface area contributed by atoms with Gasteiger partial charge in [0.1, 0.15) is 4.60 Å². The molecule has 50 valence electrons. The Labute approximate surface area is 61.8 Å². The Morgan fingerprint density at radius 1 is 1.89 bits per heavy atom. The van der Waals surface area contributed by atoms with Gasteiger partial charge < -0.3 is 5.73 Å². The van der Waals surface area contributed by atoms with Crippen LogP contribution in [0.1, 0.15) is 18.7 Å². The molecule has 0 spiro atoms. The second kappa shape index (κ2) is 2.49. The highest BCUT2D eigenvalue weighted by molar-refractivity contribution is 9.10. The van der Waals surface area contributed by atoms with E-state index in [0.717, 1.165) is 10.3 Å². The Morgan fingerprint density at radius 3 is 2.78 bits per heavy atom. The van der Waals surface area contributed by atoms with E-state index in [0.29, 0.717) is 0 Å². The van der Waals surface area contributed by atoms with Gasteiger partial charge in [0.2, 0.25) is 0 Å². The smallest absolute Gasteiger partial charge is 0.128 e. The molecule has 0 saturated carbocycles. The van der Waals surface area contributed by atoms with Crippen LogP contribution in [-0.4, -0.2) is 10.2 Å². The minimum absolute atomic E-state index is 0.0313. The van der Waals surface area contributed by atoms with E-state index in [-0.39, 0.29) is 6.04 Å². The Hall–Kier alpha value is -0.350. The lowest BCUT2D eigenvalue weighted by Gasteiger charge is -1.96. The molecule has 1 unspecified atom stereocenters. The summed E-state index contributed by atoms with van der Waals surface area (Å²) < 4.78 is 0.801. The number of aromatic nitrogens is 2. The molecule has 3 N–H and O–H groups in total. The number of nitrogens with one attached hydrogen (secondary N) is 1. The number of halogens is 1. The fourth-order valence-electron chi connectivity index (χ4n) is 0.544. The van der Waals surface area contributed by atoms with Crippen LogP contribution in [0.2, 0.25) is 0 Å². The molecule has 1 aromatic heterocycles. The molecule has 1 rings (SSSR count). The van der Waals surface area contributed by atoms with Crippen LogP contribution in [0.4, 0.5) is 0 Å². The minimum atomic E-state index is 0.0313. The van der Waals surface area contributed by atoms with Crippen molar-refractivity contribution in [3.05, 3.63) is 16.4 Å². The summed E-state index contributed by atoms with van der Waals surface area (Å²) >= 11 is 3.20. The summed E-state index contributed by atoms with van der Waals surface area (Å²) in [6, 6.07) is 1.90. The third kappa shape index (κ3) is 1.53. The molecule has 0 bridgehead atoms. The summed E-state index contributed by atoms with van der Waals surface area (Å²) in [5, 5.41) is 6.63. The molecule has 4 heteroatoms. The first kappa shape index (κ1) is 6.77. The number of hydrogen-bond donors (Lipinski definition) is 2. The molecule has 1 aromatic rings. The van der Waals surface area contributed by atoms with E-state index >= 15 is 0 Å². The van der Waals surface area contributed by atoms with Crippen molar-refractivity contribution < 1.29 is 0 Å². The lowest BCUT2D eigenvalue weighted by molar-refractivity contribution is 0.772. The van der Waals surface area contributed by atoms with Crippen LogP contribution in [0, 0.1) is 0 Å². The van der Waals surface area contributed by atoms with E-state index in [4.69, 9.17) is 5.73 Å². The van der Waals surface area contributed by atoms with Gasteiger partial charge in [-0.3, -0.25) is 5.10 Å². The molecule has 9 heavy (non-hydrogen) atoms. The average molecular weight is 190 g/mol. The lowest BCUT2D eigenvalue weighted by atomic mass is 10.3. The van der Waals surface area contributed by atoms with Gasteiger partial charge in [-0.2, -0.15) is 5.10 Å². The molecule has 0 saturated heterocycles. The summed E-state index contributed by atoms with van der Waals surface area (Å²) in [6.45, 7) is 1.90. The van der Waals surface area contributed by atoms with Crippen molar-refractivity contribution in [3.8, 4) is 0 Å². The number of nitrogens with two attached hydrogens (primary N) is 1. The van der Waals surface area contributed by atoms with Crippen LogP contribution in [0.15, 0.2) is 10.7 Å². The largest absolute Gasteiger partial charge is 0.323 e. The van der Waals surface area contributed by atoms with Crippen molar-refractivity contribution in [2.24, 2.45) is 5.73 Å². The van der Waals surface area contributed by atoms with Gasteiger partial charge in [0.25, 0.3) is 0 Å². The molecule has 0 aliphatic carbocycles. The molecule has 0 fully saturated rings. The summed E-state index contributed by atoms with van der Waals surface area (Å²) in [6.07, 6.45) is 0. The maximum Gasteiger partial charge on any atom is 0.128 e. The molecule has 0 aliphatic rings. The molecular formula is C5H8BrN3. The fraction of sp³-hybridized carbons (Fsp3) is 0.400. The van der Waals surface area contributed by atoms with Crippen LogP contribution < -0.4 is 5.73 Å². The highest BCUT2D eigenvalue weighted by atomic mass is 79.9. The highest BCUT2D eigenvalue weighted by Crippen LogP contribution is 2.11. The third-order valence-electron chi connectivity index (χ3n) is 1.06. The molecule has 0 aromatic carbocycles. The molecule has 3 nitrogen and oxygen atoms in total. The van der Waals surface area contributed by atoms with E-state index in [1.54, 1.807) is 0 Å². The van der Waals surface area contributed by atoms with Crippen molar-refractivity contribution in [2.45, 2.75) is 13.0 Å². The van der Waals surface area contributed by atoms with E-state index in [1.165, 1.54) is 0 Å². The molecule has 1 atom stereocenters. The second-order valence-electron chi connectivity index (χ2n) is 1.93. The quantitative estimate of drug-likeness (QED) is 0.698. The Morgan fingerprint density at radius 2 is 2.56 bits per heavy atom. The van der Waals surface area contributed by atoms with Crippen molar-refractivity contribution in [2.75, 3.05) is 0 Å². The van der Waals surface area contributed by atoms with E-state index in [2.05, 4.69) is 26.1 Å². The first-order chi connectivity index (χ1) is 4.20. The van der Waals surface area contributed by atoms with Crippen molar-refractivity contribution in [1.82, 2.24) is 10.2 Å². The van der Waals surface area contributed by atoms with Gasteiger partial charge in [-0.25, -0.2) is 0 Å². The van der Waals surface area contributed by atoms with Crippen molar-refractivity contribution >= 4 is 15.9 Å². The topological polar surface area (TPSA) is 54.7 Å². The Balaban J connectivity index is 2.85. The Kier molecular flexibility index (Phi) is 1.87. The number of nitrogens with zero attached hydrogens (tertiary/aromatic N) is 1. The first-order valence-electron chi connectivity index (χ1n) is 2.66. The summed E-state index contributed by atoms with van der Waals surface area (Å²) in [5.74, 6) is 0. The van der Waals surface area contributed by atoms with Crippen LogP contribution in [-0.2, 0) is 0 Å². The zero-order valence-electron chi connectivity index (χ0n) is 5.06. The third-order valence-corrected chi connectivity index (χ3v) is 1.46. The zero-order chi connectivity index (χ0) is 6.85. The minimum Gasteiger partial charge on any atom is -0.323 e. The van der Waals surface area contributed by atoms with Gasteiger partial charge in [0.15, 0.2) is 0 Å². The molecule has 0 amide bonds. The first-order valence-corrected chi connectivity index (χ1v) is 3.46. The van der Waals surface area contributed by atoms with Gasteiger partial charge in [-0.15, -0.1) is 0 Å². The van der Waals surface area contributed by atoms with Crippen molar-refractivity contribution in [3.63, 3.8) is 0 Å². The maximum absolute atomic E-state index is 5.53. The predicted molar refractivity (Wildman–Crippen MR) is 38.9 cm³/mol. The molecular weight excluding hydrogens is 182 g/mol.